The van der Waals surface area contributed by atoms with Gasteiger partial charge in [-0.1, -0.05) is 11.6 Å². The summed E-state index contributed by atoms with van der Waals surface area (Å²) >= 11 is 5.79. The molecule has 0 bridgehead atoms. The van der Waals surface area contributed by atoms with E-state index in [4.69, 9.17) is 21.8 Å². The third-order valence-electron chi connectivity index (χ3n) is 2.83. The van der Waals surface area contributed by atoms with Crippen LogP contribution in [0.3, 0.4) is 0 Å². The largest absolute Gasteiger partial charge is 0.478 e. The molecule has 0 aliphatic rings. The minimum Gasteiger partial charge on any atom is -0.478 e. The maximum atomic E-state index is 11.0. The Bertz CT molecular complexity index is 675. The molecule has 2 rings (SSSR count). The van der Waals surface area contributed by atoms with Crippen LogP contribution in [-0.4, -0.2) is 26.7 Å². The Hall–Kier alpha value is -2.27. The summed E-state index contributed by atoms with van der Waals surface area (Å²) in [6.45, 7) is 1.65. The molecule has 6 heteroatoms. The van der Waals surface area contributed by atoms with Crippen molar-refractivity contribution in [3.05, 3.63) is 52.3 Å². The Labute approximate surface area is 113 Å². The van der Waals surface area contributed by atoms with Gasteiger partial charge in [0.1, 0.15) is 0 Å². The number of nitrogens with zero attached hydrogens (tertiary/aromatic N) is 1. The van der Waals surface area contributed by atoms with Crippen LogP contribution in [0.15, 0.2) is 30.5 Å². The zero-order valence-electron chi connectivity index (χ0n) is 9.92. The highest BCUT2D eigenvalue weighted by molar-refractivity contribution is 6.33. The van der Waals surface area contributed by atoms with Crippen LogP contribution in [0, 0.1) is 6.92 Å². The molecule has 1 aromatic carbocycles. The molecule has 0 atom stereocenters. The highest BCUT2D eigenvalue weighted by Gasteiger charge is 2.14. The van der Waals surface area contributed by atoms with Gasteiger partial charge in [-0.25, -0.2) is 9.59 Å². The van der Waals surface area contributed by atoms with Gasteiger partial charge in [0.2, 0.25) is 0 Å². The highest BCUT2D eigenvalue weighted by atomic mass is 35.5. The zero-order chi connectivity index (χ0) is 14.2. The van der Waals surface area contributed by atoms with Crippen molar-refractivity contribution in [2.45, 2.75) is 6.92 Å². The summed E-state index contributed by atoms with van der Waals surface area (Å²) in [4.78, 5) is 22.0. The van der Waals surface area contributed by atoms with E-state index in [1.807, 2.05) is 0 Å². The van der Waals surface area contributed by atoms with Gasteiger partial charge in [-0.2, -0.15) is 0 Å². The minimum atomic E-state index is -1.13. The molecule has 19 heavy (non-hydrogen) atoms. The molecule has 0 spiro atoms. The summed E-state index contributed by atoms with van der Waals surface area (Å²) in [5.41, 5.74) is 1.22. The maximum Gasteiger partial charge on any atom is 0.337 e. The van der Waals surface area contributed by atoms with Gasteiger partial charge < -0.3 is 14.8 Å². The molecule has 0 saturated heterocycles. The smallest absolute Gasteiger partial charge is 0.337 e. The first-order valence-corrected chi connectivity index (χ1v) is 5.74. The van der Waals surface area contributed by atoms with E-state index in [0.717, 1.165) is 0 Å². The Morgan fingerprint density at radius 3 is 2.26 bits per heavy atom. The Morgan fingerprint density at radius 1 is 1.11 bits per heavy atom. The van der Waals surface area contributed by atoms with Crippen molar-refractivity contribution in [3.8, 4) is 5.69 Å². The van der Waals surface area contributed by atoms with Crippen molar-refractivity contribution in [2.75, 3.05) is 0 Å². The number of aromatic carboxylic acids is 2. The monoisotopic (exact) mass is 279 g/mol. The third kappa shape index (κ3) is 2.32. The van der Waals surface area contributed by atoms with Gasteiger partial charge in [0.05, 0.1) is 16.1 Å². The van der Waals surface area contributed by atoms with E-state index in [9.17, 15) is 9.59 Å². The van der Waals surface area contributed by atoms with Crippen LogP contribution in [0.4, 0.5) is 0 Å². The van der Waals surface area contributed by atoms with Crippen LogP contribution in [-0.2, 0) is 0 Å². The van der Waals surface area contributed by atoms with Crippen LogP contribution in [0.25, 0.3) is 5.69 Å². The van der Waals surface area contributed by atoms with Gasteiger partial charge in [0.25, 0.3) is 0 Å². The minimum absolute atomic E-state index is 0.0239. The predicted molar refractivity (Wildman–Crippen MR) is 69.4 cm³/mol. The molecule has 0 fully saturated rings. The molecule has 0 saturated carbocycles. The molecule has 98 valence electrons. The average Bonchev–Trinajstić information content (AvgIpc) is 2.71. The van der Waals surface area contributed by atoms with E-state index >= 15 is 0 Å². The Balaban J connectivity index is 2.57. The Morgan fingerprint density at radius 2 is 1.74 bits per heavy atom. The van der Waals surface area contributed by atoms with Gasteiger partial charge in [-0.05, 0) is 31.2 Å². The number of rotatable bonds is 3. The van der Waals surface area contributed by atoms with Crippen LogP contribution in [0.5, 0.6) is 0 Å². The van der Waals surface area contributed by atoms with Crippen molar-refractivity contribution in [3.63, 3.8) is 0 Å². The second-order valence-electron chi connectivity index (χ2n) is 3.96. The molecule has 0 aliphatic carbocycles. The first-order chi connectivity index (χ1) is 8.91. The van der Waals surface area contributed by atoms with E-state index in [2.05, 4.69) is 0 Å². The number of aromatic nitrogens is 1. The van der Waals surface area contributed by atoms with Gasteiger partial charge in [-0.3, -0.25) is 0 Å². The number of carboxylic acid groups (broad SMARTS) is 2. The number of carboxylic acids is 2. The first-order valence-electron chi connectivity index (χ1n) is 5.36. The van der Waals surface area contributed by atoms with Gasteiger partial charge in [0.15, 0.2) is 0 Å². The molecule has 0 unspecified atom stereocenters. The fourth-order valence-corrected chi connectivity index (χ4v) is 2.04. The summed E-state index contributed by atoms with van der Waals surface area (Å²) in [6.07, 6.45) is 1.58. The summed E-state index contributed by atoms with van der Waals surface area (Å²) in [5.74, 6) is -2.15. The first kappa shape index (κ1) is 13.2. The van der Waals surface area contributed by atoms with E-state index in [0.29, 0.717) is 11.4 Å². The number of hydrogen-bond donors (Lipinski definition) is 2. The lowest BCUT2D eigenvalue weighted by molar-refractivity contribution is 0.0685. The average molecular weight is 280 g/mol. The molecule has 1 heterocycles. The maximum absolute atomic E-state index is 11.0. The molecule has 0 aliphatic heterocycles. The lowest BCUT2D eigenvalue weighted by Gasteiger charge is -2.08. The number of hydrogen-bond acceptors (Lipinski definition) is 2. The van der Waals surface area contributed by atoms with Crippen molar-refractivity contribution >= 4 is 23.5 Å². The summed E-state index contributed by atoms with van der Waals surface area (Å²) in [6, 6.07) is 5.98. The predicted octanol–water partition coefficient (Wildman–Crippen LogP) is 2.84. The zero-order valence-corrected chi connectivity index (χ0v) is 10.7. The molecule has 0 radical (unpaired) electrons. The summed E-state index contributed by atoms with van der Waals surface area (Å²) < 4.78 is 1.60. The fourth-order valence-electron chi connectivity index (χ4n) is 1.84. The van der Waals surface area contributed by atoms with E-state index in [-0.39, 0.29) is 16.1 Å². The lowest BCUT2D eigenvalue weighted by Crippen LogP contribution is -2.03. The number of carbonyl (C=O) groups is 2. The van der Waals surface area contributed by atoms with Crippen molar-refractivity contribution < 1.29 is 19.8 Å². The molecule has 2 N–H and O–H groups in total. The van der Waals surface area contributed by atoms with Crippen molar-refractivity contribution in [2.24, 2.45) is 0 Å². The molecule has 5 nitrogen and oxygen atoms in total. The second-order valence-corrected chi connectivity index (χ2v) is 4.37. The number of benzene rings is 1. The van der Waals surface area contributed by atoms with Crippen molar-refractivity contribution in [1.29, 1.82) is 0 Å². The number of halogens is 1. The SMILES string of the molecule is Cc1c(C(=O)O)ccn1-c1ccc(Cl)c(C(=O)O)c1. The molecule has 0 amide bonds. The standard InChI is InChI=1S/C13H10ClNO4/c1-7-9(12(16)17)4-5-15(7)8-2-3-11(14)10(6-8)13(18)19/h2-6H,1H3,(H,16,17)(H,18,19). The lowest BCUT2D eigenvalue weighted by atomic mass is 10.2. The summed E-state index contributed by atoms with van der Waals surface area (Å²) in [7, 11) is 0. The normalized spacial score (nSPS) is 10.4. The van der Waals surface area contributed by atoms with Gasteiger partial charge >= 0.3 is 11.9 Å². The van der Waals surface area contributed by atoms with Gasteiger partial charge in [-0.15, -0.1) is 0 Å². The molecule has 1 aromatic heterocycles. The summed E-state index contributed by atoms with van der Waals surface area (Å²) in [5, 5.41) is 18.1. The van der Waals surface area contributed by atoms with Gasteiger partial charge in [0, 0.05) is 17.6 Å². The Kier molecular flexibility index (Phi) is 3.31. The van der Waals surface area contributed by atoms with E-state index in [1.54, 1.807) is 23.8 Å². The topological polar surface area (TPSA) is 79.5 Å². The van der Waals surface area contributed by atoms with Crippen LogP contribution in [0.2, 0.25) is 5.02 Å². The van der Waals surface area contributed by atoms with E-state index in [1.165, 1.54) is 18.2 Å². The second kappa shape index (κ2) is 4.78. The van der Waals surface area contributed by atoms with Crippen LogP contribution >= 0.6 is 11.6 Å². The molecule has 2 aromatic rings. The fraction of sp³-hybridized carbons (Fsp3) is 0.0769. The van der Waals surface area contributed by atoms with Crippen LogP contribution < -0.4 is 0 Å². The van der Waals surface area contributed by atoms with E-state index < -0.39 is 11.9 Å². The van der Waals surface area contributed by atoms with Crippen LogP contribution in [0.1, 0.15) is 26.4 Å². The third-order valence-corrected chi connectivity index (χ3v) is 3.16. The quantitative estimate of drug-likeness (QED) is 0.905. The highest BCUT2D eigenvalue weighted by Crippen LogP contribution is 2.22. The molecular formula is C13H10ClNO4. The van der Waals surface area contributed by atoms with Crippen molar-refractivity contribution in [1.82, 2.24) is 4.57 Å². The molecular weight excluding hydrogens is 270 g/mol.